The second kappa shape index (κ2) is 5.16. The molecule has 0 aliphatic rings. The lowest BCUT2D eigenvalue weighted by Gasteiger charge is -2.06. The van der Waals surface area contributed by atoms with Crippen molar-refractivity contribution in [2.24, 2.45) is 0 Å². The number of carbonyl (C=O) groups is 1. The molecule has 14 heavy (non-hydrogen) atoms. The van der Waals surface area contributed by atoms with E-state index in [2.05, 4.69) is 10.2 Å². The van der Waals surface area contributed by atoms with Crippen LogP contribution in [0.25, 0.3) is 0 Å². The number of ether oxygens (including phenoxy) is 1. The normalized spacial score (nSPS) is 12.4. The molecule has 1 atom stereocenters. The fourth-order valence-corrected chi connectivity index (χ4v) is 2.51. The molecule has 1 rings (SSSR count). The summed E-state index contributed by atoms with van der Waals surface area (Å²) < 4.78 is 5.53. The SMILES string of the molecule is CCOC(=O)[C@H](C)Sc1nnc(N)s1. The zero-order valence-electron chi connectivity index (χ0n) is 7.89. The summed E-state index contributed by atoms with van der Waals surface area (Å²) >= 11 is 2.57. The van der Waals surface area contributed by atoms with Crippen molar-refractivity contribution in [1.82, 2.24) is 10.2 Å². The molecule has 0 saturated carbocycles. The Balaban J connectivity index is 2.48. The van der Waals surface area contributed by atoms with E-state index in [4.69, 9.17) is 10.5 Å². The first kappa shape index (κ1) is 11.3. The van der Waals surface area contributed by atoms with Crippen LogP contribution in [0.2, 0.25) is 0 Å². The summed E-state index contributed by atoms with van der Waals surface area (Å²) in [6.07, 6.45) is 0. The Labute approximate surface area is 90.0 Å². The molecule has 0 radical (unpaired) electrons. The van der Waals surface area contributed by atoms with E-state index in [-0.39, 0.29) is 11.2 Å². The predicted octanol–water partition coefficient (Wildman–Crippen LogP) is 1.16. The Bertz CT molecular complexity index is 316. The van der Waals surface area contributed by atoms with Gasteiger partial charge in [-0.25, -0.2) is 0 Å². The van der Waals surface area contributed by atoms with Gasteiger partial charge in [0.25, 0.3) is 0 Å². The van der Waals surface area contributed by atoms with E-state index in [9.17, 15) is 4.79 Å². The quantitative estimate of drug-likeness (QED) is 0.621. The number of anilines is 1. The Morgan fingerprint density at radius 3 is 2.93 bits per heavy atom. The van der Waals surface area contributed by atoms with Crippen LogP contribution in [0.4, 0.5) is 5.13 Å². The summed E-state index contributed by atoms with van der Waals surface area (Å²) in [6, 6.07) is 0. The van der Waals surface area contributed by atoms with Gasteiger partial charge in [0.2, 0.25) is 5.13 Å². The number of rotatable bonds is 4. The fourth-order valence-electron chi connectivity index (χ4n) is 0.727. The summed E-state index contributed by atoms with van der Waals surface area (Å²) in [7, 11) is 0. The van der Waals surface area contributed by atoms with Gasteiger partial charge in [0.1, 0.15) is 5.25 Å². The van der Waals surface area contributed by atoms with Crippen LogP contribution in [0.3, 0.4) is 0 Å². The second-order valence-corrected chi connectivity index (χ2v) is 5.02. The van der Waals surface area contributed by atoms with Gasteiger partial charge in [0.05, 0.1) is 6.61 Å². The standard InChI is InChI=1S/C7H11N3O2S2/c1-3-12-5(11)4(2)13-7-10-9-6(8)14-7/h4H,3H2,1-2H3,(H2,8,9)/t4-/m0/s1. The molecule has 0 aliphatic heterocycles. The molecule has 0 bridgehead atoms. The number of hydrogen-bond donors (Lipinski definition) is 1. The average Bonchev–Trinajstić information content (AvgIpc) is 2.51. The van der Waals surface area contributed by atoms with Crippen molar-refractivity contribution in [3.8, 4) is 0 Å². The lowest BCUT2D eigenvalue weighted by Crippen LogP contribution is -2.16. The maximum absolute atomic E-state index is 11.2. The summed E-state index contributed by atoms with van der Waals surface area (Å²) in [5.74, 6) is -0.244. The number of nitrogens with two attached hydrogens (primary N) is 1. The van der Waals surface area contributed by atoms with E-state index < -0.39 is 0 Å². The van der Waals surface area contributed by atoms with Crippen molar-refractivity contribution in [3.63, 3.8) is 0 Å². The first-order valence-corrected chi connectivity index (χ1v) is 5.75. The molecule has 0 aliphatic carbocycles. The zero-order chi connectivity index (χ0) is 10.6. The number of hydrogen-bond acceptors (Lipinski definition) is 7. The van der Waals surface area contributed by atoms with Crippen molar-refractivity contribution in [2.75, 3.05) is 12.3 Å². The third-order valence-corrected chi connectivity index (χ3v) is 3.23. The number of aromatic nitrogens is 2. The van der Waals surface area contributed by atoms with E-state index in [0.29, 0.717) is 16.1 Å². The van der Waals surface area contributed by atoms with Crippen LogP contribution >= 0.6 is 23.1 Å². The van der Waals surface area contributed by atoms with Crippen molar-refractivity contribution in [3.05, 3.63) is 0 Å². The molecule has 0 aromatic carbocycles. The van der Waals surface area contributed by atoms with Crippen LogP contribution < -0.4 is 5.73 Å². The fraction of sp³-hybridized carbons (Fsp3) is 0.571. The van der Waals surface area contributed by atoms with Crippen molar-refractivity contribution < 1.29 is 9.53 Å². The van der Waals surface area contributed by atoms with Gasteiger partial charge in [-0.15, -0.1) is 10.2 Å². The lowest BCUT2D eigenvalue weighted by molar-refractivity contribution is -0.142. The van der Waals surface area contributed by atoms with Gasteiger partial charge in [0, 0.05) is 0 Å². The molecule has 0 fully saturated rings. The maximum atomic E-state index is 11.2. The Kier molecular flexibility index (Phi) is 4.15. The zero-order valence-corrected chi connectivity index (χ0v) is 9.52. The smallest absolute Gasteiger partial charge is 0.319 e. The highest BCUT2D eigenvalue weighted by molar-refractivity contribution is 8.02. The number of esters is 1. The summed E-state index contributed by atoms with van der Waals surface area (Å²) in [6.45, 7) is 3.93. The Morgan fingerprint density at radius 2 is 2.43 bits per heavy atom. The van der Waals surface area contributed by atoms with Gasteiger partial charge < -0.3 is 10.5 Å². The van der Waals surface area contributed by atoms with E-state index in [1.807, 2.05) is 0 Å². The predicted molar refractivity (Wildman–Crippen MR) is 56.3 cm³/mol. The molecule has 1 aromatic heterocycles. The van der Waals surface area contributed by atoms with Crippen molar-refractivity contribution >= 4 is 34.2 Å². The van der Waals surface area contributed by atoms with Crippen LogP contribution in [0, 0.1) is 0 Å². The molecule has 0 saturated heterocycles. The number of carbonyl (C=O) groups excluding carboxylic acids is 1. The molecule has 5 nitrogen and oxygen atoms in total. The highest BCUT2D eigenvalue weighted by atomic mass is 32.2. The Hall–Kier alpha value is -0.820. The van der Waals surface area contributed by atoms with Crippen LogP contribution in [0.5, 0.6) is 0 Å². The highest BCUT2D eigenvalue weighted by Gasteiger charge is 2.17. The molecule has 0 spiro atoms. The van der Waals surface area contributed by atoms with Crippen molar-refractivity contribution in [2.45, 2.75) is 23.4 Å². The van der Waals surface area contributed by atoms with Gasteiger partial charge in [-0.1, -0.05) is 23.1 Å². The minimum atomic E-state index is -0.276. The molecular weight excluding hydrogens is 222 g/mol. The van der Waals surface area contributed by atoms with E-state index >= 15 is 0 Å². The van der Waals surface area contributed by atoms with Crippen LogP contribution in [0.1, 0.15) is 13.8 Å². The lowest BCUT2D eigenvalue weighted by atomic mass is 10.5. The topological polar surface area (TPSA) is 78.1 Å². The second-order valence-electron chi connectivity index (χ2n) is 2.42. The molecule has 78 valence electrons. The molecule has 2 N–H and O–H groups in total. The minimum absolute atomic E-state index is 0.244. The van der Waals surface area contributed by atoms with Crippen LogP contribution in [0.15, 0.2) is 4.34 Å². The van der Waals surface area contributed by atoms with Crippen molar-refractivity contribution in [1.29, 1.82) is 0 Å². The van der Waals surface area contributed by atoms with Gasteiger partial charge in [-0.2, -0.15) is 0 Å². The highest BCUT2D eigenvalue weighted by Crippen LogP contribution is 2.27. The molecule has 7 heteroatoms. The van der Waals surface area contributed by atoms with Gasteiger partial charge in [-0.05, 0) is 13.8 Å². The van der Waals surface area contributed by atoms with E-state index in [1.165, 1.54) is 23.1 Å². The number of thioether (sulfide) groups is 1. The number of nitrogens with zero attached hydrogens (tertiary/aromatic N) is 2. The van der Waals surface area contributed by atoms with Crippen LogP contribution in [-0.2, 0) is 9.53 Å². The Morgan fingerprint density at radius 1 is 1.71 bits per heavy atom. The monoisotopic (exact) mass is 233 g/mol. The third-order valence-electron chi connectivity index (χ3n) is 1.32. The molecule has 0 unspecified atom stereocenters. The van der Waals surface area contributed by atoms with Crippen LogP contribution in [-0.4, -0.2) is 28.0 Å². The average molecular weight is 233 g/mol. The first-order chi connectivity index (χ1) is 6.63. The minimum Gasteiger partial charge on any atom is -0.465 e. The van der Waals surface area contributed by atoms with Gasteiger partial charge in [0.15, 0.2) is 4.34 Å². The molecule has 1 heterocycles. The van der Waals surface area contributed by atoms with E-state index in [1.54, 1.807) is 13.8 Å². The maximum Gasteiger partial charge on any atom is 0.319 e. The molecular formula is C7H11N3O2S2. The van der Waals surface area contributed by atoms with E-state index in [0.717, 1.165) is 0 Å². The first-order valence-electron chi connectivity index (χ1n) is 4.05. The molecule has 1 aromatic rings. The summed E-state index contributed by atoms with van der Waals surface area (Å²) in [4.78, 5) is 11.2. The summed E-state index contributed by atoms with van der Waals surface area (Å²) in [5.41, 5.74) is 5.40. The molecule has 0 amide bonds. The third kappa shape index (κ3) is 3.15. The number of nitrogen functional groups attached to an aromatic ring is 1. The van der Waals surface area contributed by atoms with Gasteiger partial charge in [-0.3, -0.25) is 4.79 Å². The summed E-state index contributed by atoms with van der Waals surface area (Å²) in [5, 5.41) is 7.58. The largest absolute Gasteiger partial charge is 0.465 e. The van der Waals surface area contributed by atoms with Gasteiger partial charge >= 0.3 is 5.97 Å².